The Hall–Kier alpha value is -1.85. The minimum atomic E-state index is -3.39. The van der Waals surface area contributed by atoms with Gasteiger partial charge in [0.05, 0.1) is 11.8 Å². The van der Waals surface area contributed by atoms with Crippen LogP contribution in [0.15, 0.2) is 54.6 Å². The van der Waals surface area contributed by atoms with E-state index >= 15 is 0 Å². The first kappa shape index (κ1) is 21.5. The number of rotatable bonds is 10. The van der Waals surface area contributed by atoms with Crippen molar-refractivity contribution in [2.75, 3.05) is 11.5 Å². The van der Waals surface area contributed by atoms with E-state index in [9.17, 15) is 13.2 Å². The molecule has 0 unspecified atom stereocenters. The van der Waals surface area contributed by atoms with Crippen LogP contribution in [0.1, 0.15) is 43.4 Å². The van der Waals surface area contributed by atoms with Crippen molar-refractivity contribution < 1.29 is 13.2 Å². The van der Waals surface area contributed by atoms with Gasteiger partial charge in [-0.1, -0.05) is 73.8 Å². The Labute approximate surface area is 166 Å². The van der Waals surface area contributed by atoms with Crippen molar-refractivity contribution >= 4 is 27.3 Å². The smallest absolute Gasteiger partial charge is 0.235 e. The fourth-order valence-electron chi connectivity index (χ4n) is 2.87. The normalized spacial score (nSPS) is 12.5. The van der Waals surface area contributed by atoms with Crippen LogP contribution in [0, 0.1) is 0 Å². The molecule has 1 atom stereocenters. The summed E-state index contributed by atoms with van der Waals surface area (Å²) >= 11 is 5.94. The van der Waals surface area contributed by atoms with Gasteiger partial charge in [0.1, 0.15) is 5.75 Å². The third kappa shape index (κ3) is 7.73. The number of benzene rings is 2. The molecule has 0 saturated carbocycles. The van der Waals surface area contributed by atoms with E-state index in [4.69, 9.17) is 11.6 Å². The molecule has 0 aliphatic rings. The van der Waals surface area contributed by atoms with Gasteiger partial charge in [-0.05, 0) is 36.1 Å². The van der Waals surface area contributed by atoms with Gasteiger partial charge in [-0.25, -0.2) is 8.42 Å². The largest absolute Gasteiger partial charge is 0.348 e. The summed E-state index contributed by atoms with van der Waals surface area (Å²) in [5.41, 5.74) is 1.95. The summed E-state index contributed by atoms with van der Waals surface area (Å²) in [5.74, 6) is -0.878. The minimum absolute atomic E-state index is 0.0570. The second-order valence-corrected chi connectivity index (χ2v) is 9.28. The molecule has 6 heteroatoms. The van der Waals surface area contributed by atoms with E-state index < -0.39 is 21.5 Å². The Morgan fingerprint density at radius 3 is 2.33 bits per heavy atom. The first-order valence-corrected chi connectivity index (χ1v) is 11.4. The second-order valence-electron chi connectivity index (χ2n) is 6.66. The number of carbonyl (C=O) groups excluding carboxylic acids is 1. The molecule has 0 fully saturated rings. The highest BCUT2D eigenvalue weighted by Crippen LogP contribution is 2.20. The highest BCUT2D eigenvalue weighted by molar-refractivity contribution is 7.92. The Morgan fingerprint density at radius 2 is 1.70 bits per heavy atom. The number of unbranched alkanes of at least 4 members (excludes halogenated alkanes) is 2. The number of sulfone groups is 1. The van der Waals surface area contributed by atoms with Crippen LogP contribution < -0.4 is 5.32 Å². The molecule has 2 rings (SSSR count). The lowest BCUT2D eigenvalue weighted by Gasteiger charge is -2.20. The van der Waals surface area contributed by atoms with E-state index in [1.807, 2.05) is 49.4 Å². The molecule has 0 aliphatic heterocycles. The highest BCUT2D eigenvalue weighted by atomic mass is 35.5. The van der Waals surface area contributed by atoms with E-state index in [2.05, 4.69) is 5.32 Å². The summed E-state index contributed by atoms with van der Waals surface area (Å²) in [5, 5.41) is 3.54. The Kier molecular flexibility index (Phi) is 8.32. The number of nitrogens with one attached hydrogen (secondary N) is 1. The van der Waals surface area contributed by atoms with Gasteiger partial charge in [-0.15, -0.1) is 0 Å². The molecule has 1 N–H and O–H groups in total. The monoisotopic (exact) mass is 407 g/mol. The quantitative estimate of drug-likeness (QED) is 0.595. The fraction of sp³-hybridized carbons (Fsp3) is 0.381. The summed E-state index contributed by atoms with van der Waals surface area (Å²) in [6.45, 7) is 2.01. The van der Waals surface area contributed by atoms with Gasteiger partial charge in [-0.2, -0.15) is 0 Å². The standard InChI is InChI=1S/C21H26ClNO3S/c1-2-3-7-14-27(25,26)16-21(24)23-20(18-8-5-4-6-9-18)15-17-10-12-19(22)13-11-17/h4-6,8-13,20H,2-3,7,14-16H2,1H3,(H,23,24)/t20-/m1/s1. The number of halogens is 1. The molecule has 4 nitrogen and oxygen atoms in total. The van der Waals surface area contributed by atoms with Crippen molar-refractivity contribution in [1.29, 1.82) is 0 Å². The Balaban J connectivity index is 2.07. The van der Waals surface area contributed by atoms with E-state index in [1.165, 1.54) is 0 Å². The maximum absolute atomic E-state index is 12.4. The molecule has 2 aromatic carbocycles. The van der Waals surface area contributed by atoms with Crippen LogP contribution >= 0.6 is 11.6 Å². The van der Waals surface area contributed by atoms with Gasteiger partial charge in [0.15, 0.2) is 9.84 Å². The lowest BCUT2D eigenvalue weighted by Crippen LogP contribution is -2.35. The van der Waals surface area contributed by atoms with Crippen molar-refractivity contribution in [2.45, 2.75) is 38.6 Å². The van der Waals surface area contributed by atoms with Crippen LogP contribution in [-0.2, 0) is 21.1 Å². The van der Waals surface area contributed by atoms with Gasteiger partial charge in [0.25, 0.3) is 0 Å². The van der Waals surface area contributed by atoms with Crippen molar-refractivity contribution in [1.82, 2.24) is 5.32 Å². The van der Waals surface area contributed by atoms with Crippen molar-refractivity contribution in [3.63, 3.8) is 0 Å². The van der Waals surface area contributed by atoms with Crippen LogP contribution in [0.25, 0.3) is 0 Å². The van der Waals surface area contributed by atoms with E-state index in [0.29, 0.717) is 17.9 Å². The topological polar surface area (TPSA) is 63.2 Å². The first-order chi connectivity index (χ1) is 12.9. The van der Waals surface area contributed by atoms with Crippen LogP contribution in [0.2, 0.25) is 5.02 Å². The number of amides is 1. The number of carbonyl (C=O) groups is 1. The maximum atomic E-state index is 12.4. The first-order valence-electron chi connectivity index (χ1n) is 9.19. The molecule has 2 aromatic rings. The zero-order valence-electron chi connectivity index (χ0n) is 15.5. The second kappa shape index (κ2) is 10.5. The van der Waals surface area contributed by atoms with Gasteiger partial charge in [0, 0.05) is 5.02 Å². The number of hydrogen-bond acceptors (Lipinski definition) is 3. The third-order valence-corrected chi connectivity index (χ3v) is 6.16. The Morgan fingerprint density at radius 1 is 1.04 bits per heavy atom. The van der Waals surface area contributed by atoms with Crippen molar-refractivity contribution in [2.24, 2.45) is 0 Å². The maximum Gasteiger partial charge on any atom is 0.235 e. The summed E-state index contributed by atoms with van der Waals surface area (Å²) in [7, 11) is -3.39. The molecule has 0 radical (unpaired) electrons. The minimum Gasteiger partial charge on any atom is -0.348 e. The molecule has 27 heavy (non-hydrogen) atoms. The predicted molar refractivity (Wildman–Crippen MR) is 111 cm³/mol. The molecule has 0 aliphatic carbocycles. The van der Waals surface area contributed by atoms with Gasteiger partial charge < -0.3 is 5.32 Å². The third-order valence-electron chi connectivity index (χ3n) is 4.30. The van der Waals surface area contributed by atoms with Gasteiger partial charge in [-0.3, -0.25) is 4.79 Å². The van der Waals surface area contributed by atoms with E-state index in [1.54, 1.807) is 12.1 Å². The van der Waals surface area contributed by atoms with Gasteiger partial charge >= 0.3 is 0 Å². The van der Waals surface area contributed by atoms with Crippen LogP contribution in [0.5, 0.6) is 0 Å². The molecule has 0 spiro atoms. The average molecular weight is 408 g/mol. The zero-order valence-corrected chi connectivity index (χ0v) is 17.1. The van der Waals surface area contributed by atoms with E-state index in [0.717, 1.165) is 24.0 Å². The van der Waals surface area contributed by atoms with Crippen LogP contribution in [-0.4, -0.2) is 25.8 Å². The molecular formula is C21H26ClNO3S. The van der Waals surface area contributed by atoms with Crippen LogP contribution in [0.3, 0.4) is 0 Å². The molecular weight excluding hydrogens is 382 g/mol. The summed E-state index contributed by atoms with van der Waals surface area (Å²) in [6.07, 6.45) is 2.95. The SMILES string of the molecule is CCCCCS(=O)(=O)CC(=O)N[C@H](Cc1ccc(Cl)cc1)c1ccccc1. The average Bonchev–Trinajstić information content (AvgIpc) is 2.63. The highest BCUT2D eigenvalue weighted by Gasteiger charge is 2.20. The lowest BCUT2D eigenvalue weighted by atomic mass is 9.99. The summed E-state index contributed by atoms with van der Waals surface area (Å²) < 4.78 is 24.3. The molecule has 0 aromatic heterocycles. The van der Waals surface area contributed by atoms with E-state index in [-0.39, 0.29) is 11.8 Å². The summed E-state index contributed by atoms with van der Waals surface area (Å²) in [4.78, 5) is 12.4. The number of hydrogen-bond donors (Lipinski definition) is 1. The zero-order chi connectivity index (χ0) is 19.7. The van der Waals surface area contributed by atoms with Crippen LogP contribution in [0.4, 0.5) is 0 Å². The van der Waals surface area contributed by atoms with Gasteiger partial charge in [0.2, 0.25) is 5.91 Å². The van der Waals surface area contributed by atoms with Crippen molar-refractivity contribution in [3.05, 3.63) is 70.7 Å². The summed E-state index contributed by atoms with van der Waals surface area (Å²) in [6, 6.07) is 16.7. The molecule has 0 bridgehead atoms. The van der Waals surface area contributed by atoms with Crippen molar-refractivity contribution in [3.8, 4) is 0 Å². The molecule has 146 valence electrons. The molecule has 0 heterocycles. The Bertz CT molecular complexity index is 820. The lowest BCUT2D eigenvalue weighted by molar-refractivity contribution is -0.119. The predicted octanol–water partition coefficient (Wildman–Crippen LogP) is 4.35. The fourth-order valence-corrected chi connectivity index (χ4v) is 4.27. The molecule has 1 amide bonds. The molecule has 0 saturated heterocycles.